The molecule has 0 aliphatic rings. The van der Waals surface area contributed by atoms with Crippen molar-refractivity contribution >= 4 is 23.3 Å². The molecule has 8 rings (SSSR count). The molecule has 0 saturated carbocycles. The van der Waals surface area contributed by atoms with Crippen LogP contribution in [0.3, 0.4) is 0 Å². The first-order valence-corrected chi connectivity index (χ1v) is 19.9. The summed E-state index contributed by atoms with van der Waals surface area (Å²) >= 11 is 0. The minimum Gasteiger partial charge on any atom is -0.256 e. The Labute approximate surface area is 346 Å². The molecule has 0 aliphatic carbocycles. The third-order valence-electron chi connectivity index (χ3n) is 9.99. The maximum atomic E-state index is 4.53. The summed E-state index contributed by atoms with van der Waals surface area (Å²) < 4.78 is 0. The van der Waals surface area contributed by atoms with E-state index in [1.807, 2.05) is 60.9 Å². The average molecular weight is 753 g/mol. The van der Waals surface area contributed by atoms with Gasteiger partial charge in [0.1, 0.15) is 0 Å². The van der Waals surface area contributed by atoms with Crippen molar-refractivity contribution in [2.45, 2.75) is 41.5 Å². The van der Waals surface area contributed by atoms with Crippen molar-refractivity contribution in [3.8, 4) is 33.6 Å². The molecule has 58 heavy (non-hydrogen) atoms. The molecule has 286 valence electrons. The summed E-state index contributed by atoms with van der Waals surface area (Å²) in [6.45, 7) is 12.9. The molecule has 0 saturated heterocycles. The highest BCUT2D eigenvalue weighted by Crippen LogP contribution is 2.32. The molecule has 0 unspecified atom stereocenters. The highest BCUT2D eigenvalue weighted by molar-refractivity contribution is 5.82. The van der Waals surface area contributed by atoms with Gasteiger partial charge in [-0.25, -0.2) is 0 Å². The Morgan fingerprint density at radius 1 is 0.362 bits per heavy atom. The lowest BCUT2D eigenvalue weighted by molar-refractivity contribution is 1.31. The van der Waals surface area contributed by atoms with Crippen LogP contribution in [0.25, 0.3) is 56.9 Å². The van der Waals surface area contributed by atoms with E-state index in [4.69, 9.17) is 0 Å². The van der Waals surface area contributed by atoms with E-state index < -0.39 is 0 Å². The number of hydrogen-bond acceptors (Lipinski definition) is 2. The third kappa shape index (κ3) is 11.6. The SMILES string of the molecule is C/C(=C\c1ccccc1C)c1ccccc1.C/C(=C\c1ccccc1C)c1ccccc1.Cc1cc(C)cc(-c2cc(-c3ccccn3)cc(-c3ccccn3)c2)c1. The van der Waals surface area contributed by atoms with Gasteiger partial charge in [-0.05, 0) is 140 Å². The molecule has 0 spiro atoms. The van der Waals surface area contributed by atoms with Gasteiger partial charge in [-0.2, -0.15) is 0 Å². The highest BCUT2D eigenvalue weighted by Gasteiger charge is 2.09. The fourth-order valence-corrected chi connectivity index (χ4v) is 6.83. The van der Waals surface area contributed by atoms with Crippen LogP contribution < -0.4 is 0 Å². The standard InChI is InChI=1S/C24H20N2.2C16H16/c1-17-11-18(2)13-19(12-17)20-14-21(23-7-3-5-9-25-23)16-22(15-20)24-8-4-6-10-26-24;2*1-13-8-6-7-11-16(13)12-14(2)15-9-4-3-5-10-15/h3-16H,1-2H3;2*3-12H,1-2H3/b;2*14-12+. The van der Waals surface area contributed by atoms with E-state index in [1.54, 1.807) is 0 Å². The van der Waals surface area contributed by atoms with Crippen LogP contribution in [0.4, 0.5) is 0 Å². The van der Waals surface area contributed by atoms with Crippen LogP contribution in [-0.4, -0.2) is 9.97 Å². The quantitative estimate of drug-likeness (QED) is 0.152. The molecular weight excluding hydrogens is 701 g/mol. The van der Waals surface area contributed by atoms with E-state index in [0.717, 1.165) is 22.5 Å². The van der Waals surface area contributed by atoms with Crippen LogP contribution in [-0.2, 0) is 0 Å². The molecule has 2 aromatic heterocycles. The smallest absolute Gasteiger partial charge is 0.0702 e. The molecule has 0 N–H and O–H groups in total. The zero-order chi connectivity index (χ0) is 40.7. The summed E-state index contributed by atoms with van der Waals surface area (Å²) in [6.07, 6.45) is 8.15. The first-order valence-electron chi connectivity index (χ1n) is 19.9. The third-order valence-corrected chi connectivity index (χ3v) is 9.99. The lowest BCUT2D eigenvalue weighted by Crippen LogP contribution is -1.90. The summed E-state index contributed by atoms with van der Waals surface area (Å²) in [5.41, 5.74) is 19.5. The first-order chi connectivity index (χ1) is 28.2. The number of benzene rings is 6. The minimum absolute atomic E-state index is 0.968. The lowest BCUT2D eigenvalue weighted by atomic mass is 9.95. The molecule has 0 radical (unpaired) electrons. The van der Waals surface area contributed by atoms with E-state index in [-0.39, 0.29) is 0 Å². The number of aromatic nitrogens is 2. The minimum atomic E-state index is 0.968. The van der Waals surface area contributed by atoms with E-state index >= 15 is 0 Å². The Balaban J connectivity index is 0.000000154. The Morgan fingerprint density at radius 3 is 1.12 bits per heavy atom. The number of allylic oxidation sites excluding steroid dienone is 2. The Morgan fingerprint density at radius 2 is 0.724 bits per heavy atom. The topological polar surface area (TPSA) is 25.8 Å². The van der Waals surface area contributed by atoms with Crippen LogP contribution in [0.1, 0.15) is 58.4 Å². The number of nitrogens with zero attached hydrogens (tertiary/aromatic N) is 2. The molecule has 2 heterocycles. The van der Waals surface area contributed by atoms with Gasteiger partial charge in [-0.15, -0.1) is 0 Å². The molecule has 0 amide bonds. The van der Waals surface area contributed by atoms with Gasteiger partial charge in [0.25, 0.3) is 0 Å². The predicted octanol–water partition coefficient (Wildman–Crippen LogP) is 15.2. The van der Waals surface area contributed by atoms with Crippen LogP contribution in [0, 0.1) is 27.7 Å². The van der Waals surface area contributed by atoms with Crippen molar-refractivity contribution in [1.29, 1.82) is 0 Å². The van der Waals surface area contributed by atoms with Gasteiger partial charge in [0.05, 0.1) is 11.4 Å². The summed E-state index contributed by atoms with van der Waals surface area (Å²) in [5.74, 6) is 0. The van der Waals surface area contributed by atoms with Gasteiger partial charge in [0.2, 0.25) is 0 Å². The highest BCUT2D eigenvalue weighted by atomic mass is 14.7. The second-order valence-electron chi connectivity index (χ2n) is 14.7. The van der Waals surface area contributed by atoms with Crippen LogP contribution in [0.5, 0.6) is 0 Å². The Kier molecular flexibility index (Phi) is 14.3. The van der Waals surface area contributed by atoms with Gasteiger partial charge < -0.3 is 0 Å². The van der Waals surface area contributed by atoms with Crippen molar-refractivity contribution in [1.82, 2.24) is 9.97 Å². The lowest BCUT2D eigenvalue weighted by Gasteiger charge is -2.11. The van der Waals surface area contributed by atoms with Crippen molar-refractivity contribution < 1.29 is 0 Å². The second kappa shape index (κ2) is 20.3. The van der Waals surface area contributed by atoms with E-state index in [0.29, 0.717) is 0 Å². The fourth-order valence-electron chi connectivity index (χ4n) is 6.83. The number of pyridine rings is 2. The van der Waals surface area contributed by atoms with Crippen molar-refractivity contribution in [2.75, 3.05) is 0 Å². The van der Waals surface area contributed by atoms with Gasteiger partial charge >= 0.3 is 0 Å². The zero-order valence-electron chi connectivity index (χ0n) is 34.5. The van der Waals surface area contributed by atoms with E-state index in [2.05, 4.69) is 197 Å². The monoisotopic (exact) mass is 752 g/mol. The van der Waals surface area contributed by atoms with Gasteiger partial charge in [-0.3, -0.25) is 9.97 Å². The number of hydrogen-bond donors (Lipinski definition) is 0. The maximum absolute atomic E-state index is 4.53. The molecule has 2 heteroatoms. The molecule has 0 bridgehead atoms. The first kappa shape index (κ1) is 40.8. The summed E-state index contributed by atoms with van der Waals surface area (Å²) in [7, 11) is 0. The molecule has 6 aromatic carbocycles. The molecule has 8 aromatic rings. The average Bonchev–Trinajstić information content (AvgIpc) is 3.26. The van der Waals surface area contributed by atoms with Crippen LogP contribution in [0.15, 0.2) is 194 Å². The number of aryl methyl sites for hydroxylation is 4. The normalized spacial score (nSPS) is 11.1. The summed E-state index contributed by atoms with van der Waals surface area (Å²) in [5, 5.41) is 0. The Bertz CT molecular complexity index is 2410. The second-order valence-corrected chi connectivity index (χ2v) is 14.7. The molecule has 0 fully saturated rings. The maximum Gasteiger partial charge on any atom is 0.0702 e. The van der Waals surface area contributed by atoms with Gasteiger partial charge in [0.15, 0.2) is 0 Å². The van der Waals surface area contributed by atoms with Gasteiger partial charge in [0, 0.05) is 23.5 Å². The molecule has 0 atom stereocenters. The summed E-state index contributed by atoms with van der Waals surface area (Å²) in [4.78, 5) is 9.07. The van der Waals surface area contributed by atoms with Crippen LogP contribution >= 0.6 is 0 Å². The zero-order valence-corrected chi connectivity index (χ0v) is 34.5. The molecule has 2 nitrogen and oxygen atoms in total. The van der Waals surface area contributed by atoms with Crippen molar-refractivity contribution in [3.05, 3.63) is 239 Å². The predicted molar refractivity (Wildman–Crippen MR) is 250 cm³/mol. The van der Waals surface area contributed by atoms with Crippen LogP contribution in [0.2, 0.25) is 0 Å². The largest absolute Gasteiger partial charge is 0.256 e. The van der Waals surface area contributed by atoms with Crippen molar-refractivity contribution in [2.24, 2.45) is 0 Å². The molecular formula is C56H52N2. The van der Waals surface area contributed by atoms with E-state index in [9.17, 15) is 0 Å². The number of rotatable bonds is 7. The van der Waals surface area contributed by atoms with Gasteiger partial charge in [-0.1, -0.05) is 163 Å². The Hall–Kier alpha value is -6.90. The van der Waals surface area contributed by atoms with E-state index in [1.165, 1.54) is 66.8 Å². The fraction of sp³-hybridized carbons (Fsp3) is 0.107. The van der Waals surface area contributed by atoms with Crippen molar-refractivity contribution in [3.63, 3.8) is 0 Å². The molecule has 0 aliphatic heterocycles. The summed E-state index contributed by atoms with van der Waals surface area (Å²) in [6, 6.07) is 63.1.